The second kappa shape index (κ2) is 8.29. The molecular weight excluding hydrogens is 414 g/mol. The summed E-state index contributed by atoms with van der Waals surface area (Å²) in [5, 5.41) is 13.5. The first-order valence-electron chi connectivity index (χ1n) is 9.08. The van der Waals surface area contributed by atoms with Crippen LogP contribution in [0.1, 0.15) is 22.1 Å². The fourth-order valence-electron chi connectivity index (χ4n) is 3.46. The van der Waals surface area contributed by atoms with Crippen molar-refractivity contribution in [2.45, 2.75) is 26.4 Å². The Morgan fingerprint density at radius 1 is 1.29 bits per heavy atom. The maximum Gasteiger partial charge on any atom is 0.144 e. The molecule has 1 atom stereocenters. The molecule has 2 aromatic heterocycles. The van der Waals surface area contributed by atoms with E-state index in [2.05, 4.69) is 14.9 Å². The summed E-state index contributed by atoms with van der Waals surface area (Å²) in [6.07, 6.45) is 1.24. The van der Waals surface area contributed by atoms with E-state index in [1.54, 1.807) is 0 Å². The highest BCUT2D eigenvalue weighted by Gasteiger charge is 2.29. The average Bonchev–Trinajstić information content (AvgIpc) is 3.41. The number of ketones is 1. The third-order valence-corrected chi connectivity index (χ3v) is 7.19. The monoisotopic (exact) mass is 433 g/mol. The van der Waals surface area contributed by atoms with Gasteiger partial charge in [-0.3, -0.25) is 4.79 Å². The number of thiazole rings is 2. The third-order valence-electron chi connectivity index (χ3n) is 4.92. The van der Waals surface area contributed by atoms with Crippen LogP contribution < -0.4 is 4.90 Å². The molecule has 3 heterocycles. The molecule has 1 aliphatic rings. The van der Waals surface area contributed by atoms with E-state index < -0.39 is 0 Å². The summed E-state index contributed by atoms with van der Waals surface area (Å²) in [5.41, 5.74) is 2.82. The minimum absolute atomic E-state index is 0.0363. The first-order valence-corrected chi connectivity index (χ1v) is 11.2. The molecule has 146 valence electrons. The van der Waals surface area contributed by atoms with Gasteiger partial charge in [0.15, 0.2) is 0 Å². The van der Waals surface area contributed by atoms with Gasteiger partial charge >= 0.3 is 0 Å². The first kappa shape index (κ1) is 19.5. The molecule has 4 rings (SSSR count). The van der Waals surface area contributed by atoms with E-state index in [9.17, 15) is 9.90 Å². The molecular formula is C20H20ClN3O2S2. The lowest BCUT2D eigenvalue weighted by Crippen LogP contribution is -2.23. The number of anilines is 1. The van der Waals surface area contributed by atoms with Crippen molar-refractivity contribution in [1.29, 1.82) is 0 Å². The molecule has 0 radical (unpaired) electrons. The summed E-state index contributed by atoms with van der Waals surface area (Å²) in [4.78, 5) is 25.0. The quantitative estimate of drug-likeness (QED) is 0.625. The molecule has 28 heavy (non-hydrogen) atoms. The number of aryl methyl sites for hydroxylation is 1. The molecule has 3 aromatic rings. The van der Waals surface area contributed by atoms with Gasteiger partial charge in [-0.05, 0) is 37.6 Å². The van der Waals surface area contributed by atoms with Crippen LogP contribution in [0.3, 0.4) is 0 Å². The average molecular weight is 434 g/mol. The Labute approximate surface area is 176 Å². The summed E-state index contributed by atoms with van der Waals surface area (Å²) < 4.78 is 0. The van der Waals surface area contributed by atoms with Crippen LogP contribution in [0.5, 0.6) is 0 Å². The molecule has 1 aliphatic heterocycles. The number of benzene rings is 1. The van der Waals surface area contributed by atoms with Crippen LogP contribution in [0.4, 0.5) is 5.69 Å². The maximum atomic E-state index is 12.8. The predicted molar refractivity (Wildman–Crippen MR) is 114 cm³/mol. The number of carbonyl (C=O) groups is 1. The standard InChI is InChI=1S/C20H20ClN3O2S2/c1-12-20(28-19(10-25)22-12)16-11-27-18(23-16)8-17(26)13-6-7-24(9-13)15-4-2-14(21)3-5-15/h2-5,11,13,25H,6-10H2,1H3. The van der Waals surface area contributed by atoms with Crippen LogP contribution in [0, 0.1) is 12.8 Å². The predicted octanol–water partition coefficient (Wildman–Crippen LogP) is 4.36. The van der Waals surface area contributed by atoms with E-state index in [1.165, 1.54) is 22.7 Å². The molecule has 0 aliphatic carbocycles. The topological polar surface area (TPSA) is 66.3 Å². The summed E-state index contributed by atoms with van der Waals surface area (Å²) in [6.45, 7) is 3.48. The van der Waals surface area contributed by atoms with Crippen molar-refractivity contribution in [3.05, 3.63) is 50.4 Å². The van der Waals surface area contributed by atoms with Crippen LogP contribution in [-0.2, 0) is 17.8 Å². The Morgan fingerprint density at radius 2 is 2.07 bits per heavy atom. The van der Waals surface area contributed by atoms with Gasteiger partial charge in [0.1, 0.15) is 15.8 Å². The molecule has 5 nitrogen and oxygen atoms in total. The second-order valence-corrected chi connectivity index (χ2v) is 9.32. The van der Waals surface area contributed by atoms with Crippen molar-refractivity contribution in [1.82, 2.24) is 9.97 Å². The van der Waals surface area contributed by atoms with Crippen molar-refractivity contribution in [2.24, 2.45) is 5.92 Å². The summed E-state index contributed by atoms with van der Waals surface area (Å²) in [5.74, 6) is 0.281. The lowest BCUT2D eigenvalue weighted by atomic mass is 10.0. The number of hydrogen-bond acceptors (Lipinski definition) is 7. The Bertz CT molecular complexity index is 984. The lowest BCUT2D eigenvalue weighted by Gasteiger charge is -2.18. The van der Waals surface area contributed by atoms with Gasteiger partial charge in [-0.2, -0.15) is 0 Å². The SMILES string of the molecule is Cc1nc(CO)sc1-c1csc(CC(=O)C2CCN(c3ccc(Cl)cc3)C2)n1. The van der Waals surface area contributed by atoms with Gasteiger partial charge in [0, 0.05) is 35.1 Å². The molecule has 1 aromatic carbocycles. The van der Waals surface area contributed by atoms with Gasteiger partial charge in [-0.15, -0.1) is 22.7 Å². The number of nitrogens with zero attached hydrogens (tertiary/aromatic N) is 3. The van der Waals surface area contributed by atoms with Crippen molar-refractivity contribution in [3.8, 4) is 10.6 Å². The van der Waals surface area contributed by atoms with Crippen LogP contribution >= 0.6 is 34.3 Å². The Balaban J connectivity index is 1.40. The maximum absolute atomic E-state index is 12.8. The molecule has 1 N–H and O–H groups in total. The van der Waals surface area contributed by atoms with E-state index in [1.807, 2.05) is 36.6 Å². The van der Waals surface area contributed by atoms with E-state index in [0.717, 1.165) is 51.5 Å². The Morgan fingerprint density at radius 3 is 2.79 bits per heavy atom. The first-order chi connectivity index (χ1) is 13.5. The molecule has 1 unspecified atom stereocenters. The van der Waals surface area contributed by atoms with Crippen LogP contribution in [-0.4, -0.2) is 33.9 Å². The highest BCUT2D eigenvalue weighted by atomic mass is 35.5. The Hall–Kier alpha value is -1.80. The highest BCUT2D eigenvalue weighted by Crippen LogP contribution is 2.32. The number of halogens is 1. The minimum atomic E-state index is -0.0627. The summed E-state index contributed by atoms with van der Waals surface area (Å²) >= 11 is 8.92. The van der Waals surface area contributed by atoms with E-state index in [0.29, 0.717) is 11.4 Å². The highest BCUT2D eigenvalue weighted by molar-refractivity contribution is 7.16. The second-order valence-electron chi connectivity index (χ2n) is 6.86. The zero-order valence-electron chi connectivity index (χ0n) is 15.4. The van der Waals surface area contributed by atoms with E-state index in [-0.39, 0.29) is 18.3 Å². The normalized spacial score (nSPS) is 16.7. The third kappa shape index (κ3) is 4.12. The zero-order chi connectivity index (χ0) is 19.7. The van der Waals surface area contributed by atoms with Crippen LogP contribution in [0.15, 0.2) is 29.6 Å². The number of aromatic nitrogens is 2. The van der Waals surface area contributed by atoms with Gasteiger partial charge in [-0.25, -0.2) is 9.97 Å². The molecule has 0 amide bonds. The molecule has 8 heteroatoms. The molecule has 1 fully saturated rings. The number of carbonyl (C=O) groups excluding carboxylic acids is 1. The number of rotatable bonds is 6. The summed E-state index contributed by atoms with van der Waals surface area (Å²) in [6, 6.07) is 7.76. The fourth-order valence-corrected chi connectivity index (χ4v) is 5.34. The minimum Gasteiger partial charge on any atom is -0.389 e. The molecule has 0 spiro atoms. The van der Waals surface area contributed by atoms with E-state index >= 15 is 0 Å². The Kier molecular flexibility index (Phi) is 5.78. The largest absolute Gasteiger partial charge is 0.389 e. The zero-order valence-corrected chi connectivity index (χ0v) is 17.8. The summed E-state index contributed by atoms with van der Waals surface area (Å²) in [7, 11) is 0. The lowest BCUT2D eigenvalue weighted by molar-refractivity contribution is -0.121. The number of Topliss-reactive ketones (excluding diaryl/α,β-unsaturated/α-hetero) is 1. The van der Waals surface area contributed by atoms with Crippen molar-refractivity contribution < 1.29 is 9.90 Å². The van der Waals surface area contributed by atoms with Gasteiger partial charge in [0.25, 0.3) is 0 Å². The molecule has 1 saturated heterocycles. The van der Waals surface area contributed by atoms with E-state index in [4.69, 9.17) is 11.6 Å². The van der Waals surface area contributed by atoms with Gasteiger partial charge in [0.05, 0.1) is 29.3 Å². The smallest absolute Gasteiger partial charge is 0.144 e. The van der Waals surface area contributed by atoms with Gasteiger partial charge in [0.2, 0.25) is 0 Å². The molecule has 0 bridgehead atoms. The fraction of sp³-hybridized carbons (Fsp3) is 0.350. The number of hydrogen-bond donors (Lipinski definition) is 1. The van der Waals surface area contributed by atoms with Crippen LogP contribution in [0.25, 0.3) is 10.6 Å². The van der Waals surface area contributed by atoms with Crippen LogP contribution in [0.2, 0.25) is 5.02 Å². The van der Waals surface area contributed by atoms with Crippen molar-refractivity contribution >= 4 is 45.7 Å². The molecule has 0 saturated carbocycles. The number of aliphatic hydroxyl groups excluding tert-OH is 1. The van der Waals surface area contributed by atoms with Crippen molar-refractivity contribution in [3.63, 3.8) is 0 Å². The van der Waals surface area contributed by atoms with Crippen molar-refractivity contribution in [2.75, 3.05) is 18.0 Å². The van der Waals surface area contributed by atoms with Gasteiger partial charge < -0.3 is 10.0 Å². The number of aliphatic hydroxyl groups is 1. The van der Waals surface area contributed by atoms with Gasteiger partial charge in [-0.1, -0.05) is 11.6 Å².